The van der Waals surface area contributed by atoms with Gasteiger partial charge in [0, 0.05) is 11.8 Å². The van der Waals surface area contributed by atoms with Gasteiger partial charge in [0.05, 0.1) is 23.7 Å². The van der Waals surface area contributed by atoms with Crippen molar-refractivity contribution in [3.05, 3.63) is 64.9 Å². The third-order valence-corrected chi connectivity index (χ3v) is 5.61. The number of carbonyl (C=O) groups is 2. The van der Waals surface area contributed by atoms with Crippen LogP contribution in [0.1, 0.15) is 41.6 Å². The number of anilines is 1. The van der Waals surface area contributed by atoms with Crippen molar-refractivity contribution >= 4 is 34.9 Å². The lowest BCUT2D eigenvalue weighted by molar-refractivity contribution is -0.147. The largest absolute Gasteiger partial charge is 0.468 e. The van der Waals surface area contributed by atoms with Crippen LogP contribution in [0.3, 0.4) is 0 Å². The van der Waals surface area contributed by atoms with E-state index >= 15 is 0 Å². The predicted octanol–water partition coefficient (Wildman–Crippen LogP) is 4.22. The molecule has 28 heavy (non-hydrogen) atoms. The van der Waals surface area contributed by atoms with Crippen molar-refractivity contribution in [1.29, 1.82) is 0 Å². The van der Waals surface area contributed by atoms with Crippen LogP contribution in [0.25, 0.3) is 5.65 Å². The van der Waals surface area contributed by atoms with Gasteiger partial charge in [-0.05, 0) is 42.7 Å². The Balaban J connectivity index is 1.54. The standard InChI is InChI=1S/C21H20ClN3O3/c1-28-20(27)21(10-2-3-11-21)15-6-4-14(5-7-15)19(26)24-17-13-25-12-16(22)8-9-18(25)23-17/h4-9,12-13H,2-3,10-11H2,1H3,(H,24,26). The first kappa shape index (κ1) is 18.5. The summed E-state index contributed by atoms with van der Waals surface area (Å²) in [4.78, 5) is 29.3. The highest BCUT2D eigenvalue weighted by atomic mass is 35.5. The summed E-state index contributed by atoms with van der Waals surface area (Å²) in [6.07, 6.45) is 6.97. The van der Waals surface area contributed by atoms with Crippen LogP contribution in [-0.4, -0.2) is 28.4 Å². The van der Waals surface area contributed by atoms with Crippen LogP contribution in [0.15, 0.2) is 48.8 Å². The molecule has 1 aromatic carbocycles. The Morgan fingerprint density at radius 3 is 2.50 bits per heavy atom. The summed E-state index contributed by atoms with van der Waals surface area (Å²) in [5.41, 5.74) is 1.49. The topological polar surface area (TPSA) is 72.7 Å². The monoisotopic (exact) mass is 397 g/mol. The van der Waals surface area contributed by atoms with E-state index in [2.05, 4.69) is 10.3 Å². The molecule has 3 aromatic rings. The Labute approximate surface area is 167 Å². The third kappa shape index (κ3) is 3.24. The van der Waals surface area contributed by atoms with Gasteiger partial charge in [-0.2, -0.15) is 0 Å². The van der Waals surface area contributed by atoms with Crippen LogP contribution in [0.4, 0.5) is 5.82 Å². The zero-order valence-electron chi connectivity index (χ0n) is 15.4. The molecule has 0 unspecified atom stereocenters. The first-order valence-electron chi connectivity index (χ1n) is 9.16. The first-order chi connectivity index (χ1) is 13.5. The zero-order valence-corrected chi connectivity index (χ0v) is 16.2. The molecule has 0 atom stereocenters. The Kier molecular flexibility index (Phi) is 4.81. The highest BCUT2D eigenvalue weighted by Crippen LogP contribution is 2.42. The summed E-state index contributed by atoms with van der Waals surface area (Å²) in [5.74, 6) is -0.0247. The molecule has 4 rings (SSSR count). The summed E-state index contributed by atoms with van der Waals surface area (Å²) >= 11 is 5.97. The lowest BCUT2D eigenvalue weighted by atomic mass is 9.78. The van der Waals surface area contributed by atoms with E-state index in [0.29, 0.717) is 22.1 Å². The maximum Gasteiger partial charge on any atom is 0.316 e. The van der Waals surface area contributed by atoms with Crippen molar-refractivity contribution in [1.82, 2.24) is 9.38 Å². The molecule has 2 aromatic heterocycles. The van der Waals surface area contributed by atoms with Gasteiger partial charge in [-0.3, -0.25) is 9.59 Å². The number of aromatic nitrogens is 2. The van der Waals surface area contributed by atoms with Crippen LogP contribution in [0.5, 0.6) is 0 Å². The second kappa shape index (κ2) is 7.28. The second-order valence-corrected chi connectivity index (χ2v) is 7.49. The number of esters is 1. The van der Waals surface area contributed by atoms with E-state index in [1.54, 1.807) is 41.1 Å². The molecule has 0 radical (unpaired) electrons. The molecule has 1 N–H and O–H groups in total. The minimum absolute atomic E-state index is 0.203. The number of nitrogens with one attached hydrogen (secondary N) is 1. The van der Waals surface area contributed by atoms with Crippen molar-refractivity contribution in [3.63, 3.8) is 0 Å². The number of halogens is 1. The maximum absolute atomic E-state index is 12.6. The molecule has 1 saturated carbocycles. The van der Waals surface area contributed by atoms with Crippen LogP contribution in [0, 0.1) is 0 Å². The van der Waals surface area contributed by atoms with Crippen LogP contribution in [-0.2, 0) is 14.9 Å². The molecule has 0 aliphatic heterocycles. The Bertz CT molecular complexity index is 1040. The molecule has 0 spiro atoms. The number of amides is 1. The van der Waals surface area contributed by atoms with Gasteiger partial charge in [-0.15, -0.1) is 0 Å². The van der Waals surface area contributed by atoms with Crippen LogP contribution < -0.4 is 5.32 Å². The van der Waals surface area contributed by atoms with Crippen molar-refractivity contribution in [3.8, 4) is 0 Å². The normalized spacial score (nSPS) is 15.5. The van der Waals surface area contributed by atoms with Crippen molar-refractivity contribution in [2.75, 3.05) is 12.4 Å². The zero-order chi connectivity index (χ0) is 19.7. The number of pyridine rings is 1. The fraction of sp³-hybridized carbons (Fsp3) is 0.286. The molecular formula is C21H20ClN3O3. The minimum atomic E-state index is -0.593. The number of ether oxygens (including phenoxy) is 1. The Hall–Kier alpha value is -2.86. The van der Waals surface area contributed by atoms with Gasteiger partial charge in [0.1, 0.15) is 5.65 Å². The fourth-order valence-corrected chi connectivity index (χ4v) is 4.11. The van der Waals surface area contributed by atoms with Gasteiger partial charge in [0.25, 0.3) is 5.91 Å². The summed E-state index contributed by atoms with van der Waals surface area (Å²) in [6, 6.07) is 10.7. The minimum Gasteiger partial charge on any atom is -0.468 e. The maximum atomic E-state index is 12.6. The second-order valence-electron chi connectivity index (χ2n) is 7.05. The molecular weight excluding hydrogens is 378 g/mol. The van der Waals surface area contributed by atoms with Gasteiger partial charge in [-0.25, -0.2) is 4.98 Å². The van der Waals surface area contributed by atoms with Crippen molar-refractivity contribution in [2.45, 2.75) is 31.1 Å². The number of carbonyl (C=O) groups excluding carboxylic acids is 2. The fourth-order valence-electron chi connectivity index (χ4n) is 3.94. The molecule has 0 saturated heterocycles. The van der Waals surface area contributed by atoms with Crippen molar-refractivity contribution in [2.24, 2.45) is 0 Å². The molecule has 144 valence electrons. The number of methoxy groups -OCH3 is 1. The van der Waals surface area contributed by atoms with E-state index in [1.807, 2.05) is 12.1 Å². The van der Waals surface area contributed by atoms with E-state index in [0.717, 1.165) is 31.2 Å². The number of benzene rings is 1. The Morgan fingerprint density at radius 1 is 1.11 bits per heavy atom. The SMILES string of the molecule is COC(=O)C1(c2ccc(C(=O)Nc3cn4cc(Cl)ccc4n3)cc2)CCCC1. The molecule has 1 amide bonds. The molecule has 2 heterocycles. The van der Waals surface area contributed by atoms with Gasteiger partial charge >= 0.3 is 5.97 Å². The van der Waals surface area contributed by atoms with E-state index in [9.17, 15) is 9.59 Å². The van der Waals surface area contributed by atoms with Gasteiger partial charge < -0.3 is 14.5 Å². The lowest BCUT2D eigenvalue weighted by Gasteiger charge is -2.26. The van der Waals surface area contributed by atoms with Crippen molar-refractivity contribution < 1.29 is 14.3 Å². The number of hydrogen-bond acceptors (Lipinski definition) is 4. The number of hydrogen-bond donors (Lipinski definition) is 1. The average Bonchev–Trinajstić information content (AvgIpc) is 3.34. The third-order valence-electron chi connectivity index (χ3n) is 5.39. The van der Waals surface area contributed by atoms with Gasteiger partial charge in [0.15, 0.2) is 5.82 Å². The summed E-state index contributed by atoms with van der Waals surface area (Å²) in [5, 5.41) is 3.38. The highest BCUT2D eigenvalue weighted by Gasteiger charge is 2.43. The summed E-state index contributed by atoms with van der Waals surface area (Å²) in [6.45, 7) is 0. The van der Waals surface area contributed by atoms with Crippen LogP contribution >= 0.6 is 11.6 Å². The predicted molar refractivity (Wildman–Crippen MR) is 107 cm³/mol. The molecule has 1 aliphatic rings. The lowest BCUT2D eigenvalue weighted by Crippen LogP contribution is -2.34. The molecule has 1 aliphatic carbocycles. The summed E-state index contributed by atoms with van der Waals surface area (Å²) < 4.78 is 6.80. The highest BCUT2D eigenvalue weighted by molar-refractivity contribution is 6.30. The van der Waals surface area contributed by atoms with E-state index < -0.39 is 5.41 Å². The first-order valence-corrected chi connectivity index (χ1v) is 9.54. The number of nitrogens with zero attached hydrogens (tertiary/aromatic N) is 2. The van der Waals surface area contributed by atoms with Crippen LogP contribution in [0.2, 0.25) is 5.02 Å². The number of imidazole rings is 1. The molecule has 6 nitrogen and oxygen atoms in total. The average molecular weight is 398 g/mol. The molecule has 1 fully saturated rings. The number of fused-ring (bicyclic) bond motifs is 1. The van der Waals surface area contributed by atoms with E-state index in [-0.39, 0.29) is 11.9 Å². The van der Waals surface area contributed by atoms with E-state index in [1.165, 1.54) is 7.11 Å². The van der Waals surface area contributed by atoms with Gasteiger partial charge in [-0.1, -0.05) is 36.6 Å². The Morgan fingerprint density at radius 2 is 1.82 bits per heavy atom. The van der Waals surface area contributed by atoms with Gasteiger partial charge in [0.2, 0.25) is 0 Å². The molecule has 0 bridgehead atoms. The smallest absolute Gasteiger partial charge is 0.316 e. The quantitative estimate of drug-likeness (QED) is 0.669. The summed E-state index contributed by atoms with van der Waals surface area (Å²) in [7, 11) is 1.42. The number of rotatable bonds is 4. The van der Waals surface area contributed by atoms with E-state index in [4.69, 9.17) is 16.3 Å². The molecule has 7 heteroatoms.